The van der Waals surface area contributed by atoms with Gasteiger partial charge in [-0.25, -0.2) is 4.79 Å². The van der Waals surface area contributed by atoms with Crippen LogP contribution in [-0.2, 0) is 14.3 Å². The lowest BCUT2D eigenvalue weighted by Gasteiger charge is -2.01. The molecule has 1 unspecified atom stereocenters. The molecule has 0 aliphatic carbocycles. The van der Waals surface area contributed by atoms with Crippen molar-refractivity contribution in [3.05, 3.63) is 12.2 Å². The molecule has 68 valence electrons. The van der Waals surface area contributed by atoms with Crippen LogP contribution in [0.25, 0.3) is 0 Å². The number of methoxy groups -OCH3 is 1. The van der Waals surface area contributed by atoms with Crippen LogP contribution in [0.2, 0.25) is 0 Å². The predicted octanol–water partition coefficient (Wildman–Crippen LogP) is 1.28. The SMILES string of the molecule is CCCC1(/C=C/C(=O)OC)CO1. The average molecular weight is 170 g/mol. The Labute approximate surface area is 72.4 Å². The highest BCUT2D eigenvalue weighted by Gasteiger charge is 2.40. The standard InChI is InChI=1S/C9H14O3/c1-3-5-9(7-12-9)6-4-8(10)11-2/h4,6H,3,5,7H2,1-2H3/b6-4+. The summed E-state index contributed by atoms with van der Waals surface area (Å²) in [6.45, 7) is 2.82. The zero-order chi connectivity index (χ0) is 9.03. The van der Waals surface area contributed by atoms with Gasteiger partial charge in [-0.15, -0.1) is 0 Å². The lowest BCUT2D eigenvalue weighted by Crippen LogP contribution is -2.07. The molecule has 0 spiro atoms. The number of esters is 1. The topological polar surface area (TPSA) is 38.8 Å². The summed E-state index contributed by atoms with van der Waals surface area (Å²) < 4.78 is 9.71. The van der Waals surface area contributed by atoms with E-state index in [0.717, 1.165) is 19.4 Å². The molecule has 0 N–H and O–H groups in total. The first kappa shape index (κ1) is 9.26. The van der Waals surface area contributed by atoms with Crippen molar-refractivity contribution in [3.8, 4) is 0 Å². The molecular formula is C9H14O3. The summed E-state index contributed by atoms with van der Waals surface area (Å²) in [7, 11) is 1.37. The van der Waals surface area contributed by atoms with Crippen LogP contribution >= 0.6 is 0 Å². The zero-order valence-electron chi connectivity index (χ0n) is 7.50. The maximum absolute atomic E-state index is 10.7. The number of hydrogen-bond acceptors (Lipinski definition) is 3. The van der Waals surface area contributed by atoms with Crippen molar-refractivity contribution in [2.75, 3.05) is 13.7 Å². The van der Waals surface area contributed by atoms with Crippen molar-refractivity contribution in [2.24, 2.45) is 0 Å². The summed E-state index contributed by atoms with van der Waals surface area (Å²) in [4.78, 5) is 10.7. The second kappa shape index (κ2) is 3.72. The number of ether oxygens (including phenoxy) is 2. The van der Waals surface area contributed by atoms with Gasteiger partial charge < -0.3 is 9.47 Å². The molecule has 0 amide bonds. The van der Waals surface area contributed by atoms with E-state index in [1.807, 2.05) is 0 Å². The second-order valence-corrected chi connectivity index (χ2v) is 2.96. The van der Waals surface area contributed by atoms with E-state index >= 15 is 0 Å². The third kappa shape index (κ3) is 2.34. The third-order valence-electron chi connectivity index (χ3n) is 1.91. The molecule has 1 rings (SSSR count). The van der Waals surface area contributed by atoms with Gasteiger partial charge in [0.2, 0.25) is 0 Å². The highest BCUT2D eigenvalue weighted by atomic mass is 16.6. The van der Waals surface area contributed by atoms with E-state index in [-0.39, 0.29) is 11.6 Å². The fourth-order valence-electron chi connectivity index (χ4n) is 1.13. The summed E-state index contributed by atoms with van der Waals surface area (Å²) in [6, 6.07) is 0. The highest BCUT2D eigenvalue weighted by molar-refractivity contribution is 5.82. The van der Waals surface area contributed by atoms with Crippen molar-refractivity contribution in [2.45, 2.75) is 25.4 Å². The van der Waals surface area contributed by atoms with Crippen LogP contribution in [0.5, 0.6) is 0 Å². The Balaban J connectivity index is 2.39. The van der Waals surface area contributed by atoms with Gasteiger partial charge >= 0.3 is 5.97 Å². The van der Waals surface area contributed by atoms with Gasteiger partial charge in [0.15, 0.2) is 0 Å². The summed E-state index contributed by atoms with van der Waals surface area (Å²) in [5.41, 5.74) is -0.150. The molecule has 1 heterocycles. The van der Waals surface area contributed by atoms with Gasteiger partial charge in [0.05, 0.1) is 13.7 Å². The first-order valence-corrected chi connectivity index (χ1v) is 4.13. The van der Waals surface area contributed by atoms with Crippen molar-refractivity contribution < 1.29 is 14.3 Å². The molecule has 1 aliphatic rings. The van der Waals surface area contributed by atoms with Gasteiger partial charge in [-0.1, -0.05) is 13.3 Å². The average Bonchev–Trinajstić information content (AvgIpc) is 2.82. The number of rotatable bonds is 4. The summed E-state index contributed by atoms with van der Waals surface area (Å²) in [5, 5.41) is 0. The Morgan fingerprint density at radius 1 is 1.75 bits per heavy atom. The Kier molecular flexibility index (Phi) is 2.87. The van der Waals surface area contributed by atoms with Crippen LogP contribution in [0.3, 0.4) is 0 Å². The normalized spacial score (nSPS) is 27.5. The maximum Gasteiger partial charge on any atom is 0.330 e. The van der Waals surface area contributed by atoms with E-state index in [2.05, 4.69) is 11.7 Å². The van der Waals surface area contributed by atoms with Gasteiger partial charge in [0, 0.05) is 6.08 Å². The Hall–Kier alpha value is -0.830. The minimum atomic E-state index is -0.319. The van der Waals surface area contributed by atoms with Gasteiger partial charge in [-0.3, -0.25) is 0 Å². The van der Waals surface area contributed by atoms with E-state index in [0.29, 0.717) is 0 Å². The molecule has 0 bridgehead atoms. The quantitative estimate of drug-likeness (QED) is 0.362. The van der Waals surface area contributed by atoms with Crippen LogP contribution in [-0.4, -0.2) is 25.3 Å². The van der Waals surface area contributed by atoms with E-state index in [1.54, 1.807) is 6.08 Å². The molecule has 1 saturated heterocycles. The smallest absolute Gasteiger partial charge is 0.330 e. The monoisotopic (exact) mass is 170 g/mol. The van der Waals surface area contributed by atoms with Crippen molar-refractivity contribution in [3.63, 3.8) is 0 Å². The van der Waals surface area contributed by atoms with Crippen LogP contribution in [0, 0.1) is 0 Å². The molecular weight excluding hydrogens is 156 g/mol. The highest BCUT2D eigenvalue weighted by Crippen LogP contribution is 2.33. The summed E-state index contributed by atoms with van der Waals surface area (Å²) in [5.74, 6) is -0.319. The molecule has 12 heavy (non-hydrogen) atoms. The molecule has 3 heteroatoms. The number of carbonyl (C=O) groups is 1. The largest absolute Gasteiger partial charge is 0.466 e. The summed E-state index contributed by atoms with van der Waals surface area (Å²) in [6.07, 6.45) is 5.26. The van der Waals surface area contributed by atoms with E-state index in [4.69, 9.17) is 4.74 Å². The Bertz CT molecular complexity index is 192. The molecule has 0 saturated carbocycles. The van der Waals surface area contributed by atoms with Crippen molar-refractivity contribution in [1.82, 2.24) is 0 Å². The molecule has 3 nitrogen and oxygen atoms in total. The molecule has 0 aromatic carbocycles. The minimum Gasteiger partial charge on any atom is -0.466 e. The van der Waals surface area contributed by atoms with E-state index in [1.165, 1.54) is 13.2 Å². The molecule has 0 aromatic heterocycles. The zero-order valence-corrected chi connectivity index (χ0v) is 7.50. The predicted molar refractivity (Wildman–Crippen MR) is 44.7 cm³/mol. The van der Waals surface area contributed by atoms with Crippen molar-refractivity contribution in [1.29, 1.82) is 0 Å². The Morgan fingerprint density at radius 3 is 2.83 bits per heavy atom. The van der Waals surface area contributed by atoms with Gasteiger partial charge in [-0.2, -0.15) is 0 Å². The molecule has 1 atom stereocenters. The molecule has 1 fully saturated rings. The number of hydrogen-bond donors (Lipinski definition) is 0. The first-order valence-electron chi connectivity index (χ1n) is 4.13. The van der Waals surface area contributed by atoms with Gasteiger partial charge in [0.25, 0.3) is 0 Å². The number of carbonyl (C=O) groups excluding carboxylic acids is 1. The summed E-state index contributed by atoms with van der Waals surface area (Å²) >= 11 is 0. The lowest BCUT2D eigenvalue weighted by atomic mass is 10.0. The first-order chi connectivity index (χ1) is 5.72. The maximum atomic E-state index is 10.7. The van der Waals surface area contributed by atoms with Crippen LogP contribution in [0.15, 0.2) is 12.2 Å². The van der Waals surface area contributed by atoms with Gasteiger partial charge in [0.1, 0.15) is 5.60 Å². The van der Waals surface area contributed by atoms with E-state index < -0.39 is 0 Å². The van der Waals surface area contributed by atoms with E-state index in [9.17, 15) is 4.79 Å². The van der Waals surface area contributed by atoms with Gasteiger partial charge in [-0.05, 0) is 12.5 Å². The molecule has 1 aliphatic heterocycles. The minimum absolute atomic E-state index is 0.150. The second-order valence-electron chi connectivity index (χ2n) is 2.96. The van der Waals surface area contributed by atoms with Crippen LogP contribution in [0.1, 0.15) is 19.8 Å². The number of epoxide rings is 1. The van der Waals surface area contributed by atoms with Crippen LogP contribution in [0.4, 0.5) is 0 Å². The third-order valence-corrected chi connectivity index (χ3v) is 1.91. The van der Waals surface area contributed by atoms with Crippen molar-refractivity contribution >= 4 is 5.97 Å². The fourth-order valence-corrected chi connectivity index (χ4v) is 1.13. The molecule has 0 aromatic rings. The van der Waals surface area contributed by atoms with Crippen LogP contribution < -0.4 is 0 Å². The lowest BCUT2D eigenvalue weighted by molar-refractivity contribution is -0.134. The Morgan fingerprint density at radius 2 is 2.42 bits per heavy atom. The molecule has 0 radical (unpaired) electrons. The fraction of sp³-hybridized carbons (Fsp3) is 0.667.